The molecule has 3 atom stereocenters. The summed E-state index contributed by atoms with van der Waals surface area (Å²) in [7, 11) is 3.91. The largest absolute Gasteiger partial charge is 0.497 e. The SMILES string of the molecule is CNC1C2CCCCC[C@]1(C)c1cc(OC)ccc1C2. The van der Waals surface area contributed by atoms with Crippen molar-refractivity contribution in [3.8, 4) is 5.75 Å². The summed E-state index contributed by atoms with van der Waals surface area (Å²) in [5, 5.41) is 3.65. The average Bonchev–Trinajstić information content (AvgIpc) is 2.45. The highest BCUT2D eigenvalue weighted by Crippen LogP contribution is 2.47. The van der Waals surface area contributed by atoms with Crippen molar-refractivity contribution in [2.45, 2.75) is 56.9 Å². The number of hydrogen-bond donors (Lipinski definition) is 1. The Morgan fingerprint density at radius 1 is 1.25 bits per heavy atom. The van der Waals surface area contributed by atoms with Gasteiger partial charge in [0.25, 0.3) is 0 Å². The van der Waals surface area contributed by atoms with Gasteiger partial charge in [-0.3, -0.25) is 0 Å². The van der Waals surface area contributed by atoms with E-state index >= 15 is 0 Å². The number of likely N-dealkylation sites (N-methyl/N-ethyl adjacent to an activating group) is 1. The molecule has 2 aliphatic carbocycles. The van der Waals surface area contributed by atoms with Crippen LogP contribution < -0.4 is 10.1 Å². The first-order valence-corrected chi connectivity index (χ1v) is 8.03. The predicted molar refractivity (Wildman–Crippen MR) is 83.5 cm³/mol. The molecule has 0 amide bonds. The maximum atomic E-state index is 5.47. The van der Waals surface area contributed by atoms with Gasteiger partial charge in [0, 0.05) is 11.5 Å². The van der Waals surface area contributed by atoms with Crippen molar-refractivity contribution in [1.82, 2.24) is 5.32 Å². The lowest BCUT2D eigenvalue weighted by molar-refractivity contribution is 0.174. The zero-order chi connectivity index (χ0) is 14.2. The first-order valence-electron chi connectivity index (χ1n) is 8.03. The molecule has 0 heterocycles. The van der Waals surface area contributed by atoms with Crippen LogP contribution in [-0.2, 0) is 11.8 Å². The molecule has 110 valence electrons. The molecule has 1 aromatic rings. The molecule has 2 bridgehead atoms. The molecule has 20 heavy (non-hydrogen) atoms. The summed E-state index contributed by atoms with van der Waals surface area (Å²) in [6.45, 7) is 2.46. The Balaban J connectivity index is 2.10. The van der Waals surface area contributed by atoms with Gasteiger partial charge in [0.15, 0.2) is 0 Å². The van der Waals surface area contributed by atoms with E-state index in [0.29, 0.717) is 6.04 Å². The fourth-order valence-electron chi connectivity index (χ4n) is 4.67. The number of methoxy groups -OCH3 is 1. The Morgan fingerprint density at radius 2 is 2.10 bits per heavy atom. The van der Waals surface area contributed by atoms with Gasteiger partial charge in [-0.25, -0.2) is 0 Å². The number of fused-ring (bicyclic) bond motifs is 4. The van der Waals surface area contributed by atoms with Gasteiger partial charge in [0.2, 0.25) is 0 Å². The molecule has 0 radical (unpaired) electrons. The number of benzene rings is 1. The summed E-state index contributed by atoms with van der Waals surface area (Å²) in [5.74, 6) is 1.78. The van der Waals surface area contributed by atoms with Gasteiger partial charge in [-0.15, -0.1) is 0 Å². The fraction of sp³-hybridized carbons (Fsp3) is 0.667. The molecule has 0 aromatic heterocycles. The van der Waals surface area contributed by atoms with Gasteiger partial charge < -0.3 is 10.1 Å². The smallest absolute Gasteiger partial charge is 0.119 e. The van der Waals surface area contributed by atoms with Crippen molar-refractivity contribution in [1.29, 1.82) is 0 Å². The van der Waals surface area contributed by atoms with Crippen LogP contribution in [0.25, 0.3) is 0 Å². The average molecular weight is 273 g/mol. The third-order valence-corrected chi connectivity index (χ3v) is 5.65. The summed E-state index contributed by atoms with van der Waals surface area (Å²) in [4.78, 5) is 0. The van der Waals surface area contributed by atoms with Gasteiger partial charge in [0.05, 0.1) is 7.11 Å². The van der Waals surface area contributed by atoms with Gasteiger partial charge in [0.1, 0.15) is 5.75 Å². The van der Waals surface area contributed by atoms with Gasteiger partial charge >= 0.3 is 0 Å². The molecule has 0 saturated heterocycles. The van der Waals surface area contributed by atoms with E-state index < -0.39 is 0 Å². The second kappa shape index (κ2) is 5.40. The van der Waals surface area contributed by atoms with E-state index in [1.54, 1.807) is 12.7 Å². The van der Waals surface area contributed by atoms with E-state index in [4.69, 9.17) is 4.74 Å². The van der Waals surface area contributed by atoms with Crippen LogP contribution in [0.4, 0.5) is 0 Å². The zero-order valence-electron chi connectivity index (χ0n) is 13.0. The number of rotatable bonds is 2. The standard InChI is InChI=1S/C18H27NO/c1-18-10-6-4-5-7-14(17(18)19-2)11-13-8-9-15(20-3)12-16(13)18/h8-9,12,14,17,19H,4-7,10-11H2,1-3H3/t14?,17?,18-/m1/s1. The molecular weight excluding hydrogens is 246 g/mol. The predicted octanol–water partition coefficient (Wildman–Crippen LogP) is 3.68. The molecular formula is C18H27NO. The van der Waals surface area contributed by atoms with Crippen LogP contribution >= 0.6 is 0 Å². The van der Waals surface area contributed by atoms with E-state index in [2.05, 4.69) is 37.5 Å². The fourth-order valence-corrected chi connectivity index (χ4v) is 4.67. The lowest BCUT2D eigenvalue weighted by Gasteiger charge is -2.49. The van der Waals surface area contributed by atoms with Crippen LogP contribution in [0.2, 0.25) is 0 Å². The van der Waals surface area contributed by atoms with Crippen molar-refractivity contribution >= 4 is 0 Å². The maximum Gasteiger partial charge on any atom is 0.119 e. The number of nitrogens with one attached hydrogen (secondary N) is 1. The highest BCUT2D eigenvalue weighted by molar-refractivity contribution is 5.44. The zero-order valence-corrected chi connectivity index (χ0v) is 13.0. The second-order valence-corrected chi connectivity index (χ2v) is 6.77. The Morgan fingerprint density at radius 3 is 2.85 bits per heavy atom. The second-order valence-electron chi connectivity index (χ2n) is 6.77. The van der Waals surface area contributed by atoms with E-state index in [1.165, 1.54) is 44.1 Å². The van der Waals surface area contributed by atoms with Crippen molar-refractivity contribution in [3.05, 3.63) is 29.3 Å². The molecule has 3 rings (SSSR count). The van der Waals surface area contributed by atoms with Crippen molar-refractivity contribution < 1.29 is 4.74 Å². The highest BCUT2D eigenvalue weighted by atomic mass is 16.5. The van der Waals surface area contributed by atoms with Crippen LogP contribution in [0.15, 0.2) is 18.2 Å². The first-order chi connectivity index (χ1) is 9.69. The number of hydrogen-bond acceptors (Lipinski definition) is 2. The highest BCUT2D eigenvalue weighted by Gasteiger charge is 2.44. The summed E-state index contributed by atoms with van der Waals surface area (Å²) < 4.78 is 5.47. The van der Waals surface area contributed by atoms with Crippen LogP contribution in [0.1, 0.15) is 50.2 Å². The van der Waals surface area contributed by atoms with Gasteiger partial charge in [-0.1, -0.05) is 32.3 Å². The Bertz CT molecular complexity index is 484. The number of ether oxygens (including phenoxy) is 1. The lowest BCUT2D eigenvalue weighted by atomic mass is 9.59. The lowest BCUT2D eigenvalue weighted by Crippen LogP contribution is -2.54. The molecule has 1 N–H and O–H groups in total. The van der Waals surface area contributed by atoms with Gasteiger partial charge in [-0.05, 0) is 55.5 Å². The minimum atomic E-state index is 0.252. The van der Waals surface area contributed by atoms with E-state index in [1.807, 2.05) is 0 Å². The van der Waals surface area contributed by atoms with Crippen molar-refractivity contribution in [3.63, 3.8) is 0 Å². The van der Waals surface area contributed by atoms with Crippen molar-refractivity contribution in [2.24, 2.45) is 5.92 Å². The normalized spacial score (nSPS) is 33.0. The van der Waals surface area contributed by atoms with Crippen LogP contribution in [0.5, 0.6) is 5.75 Å². The molecule has 2 aliphatic rings. The van der Waals surface area contributed by atoms with E-state index in [-0.39, 0.29) is 5.41 Å². The molecule has 2 nitrogen and oxygen atoms in total. The Labute approximate surface area is 122 Å². The minimum Gasteiger partial charge on any atom is -0.497 e. The maximum absolute atomic E-state index is 5.47. The summed E-state index contributed by atoms with van der Waals surface area (Å²) in [6, 6.07) is 7.31. The Kier molecular flexibility index (Phi) is 3.76. The van der Waals surface area contributed by atoms with Crippen LogP contribution in [-0.4, -0.2) is 20.2 Å². The molecule has 0 aliphatic heterocycles. The monoisotopic (exact) mass is 273 g/mol. The van der Waals surface area contributed by atoms with Crippen LogP contribution in [0, 0.1) is 5.92 Å². The third kappa shape index (κ3) is 2.14. The van der Waals surface area contributed by atoms with Crippen molar-refractivity contribution in [2.75, 3.05) is 14.2 Å². The first kappa shape index (κ1) is 13.9. The third-order valence-electron chi connectivity index (χ3n) is 5.65. The minimum absolute atomic E-state index is 0.252. The molecule has 1 saturated carbocycles. The van der Waals surface area contributed by atoms with Gasteiger partial charge in [-0.2, -0.15) is 0 Å². The molecule has 2 unspecified atom stereocenters. The quantitative estimate of drug-likeness (QED) is 0.887. The summed E-state index contributed by atoms with van der Waals surface area (Å²) in [5.41, 5.74) is 3.32. The molecule has 2 heteroatoms. The topological polar surface area (TPSA) is 21.3 Å². The summed E-state index contributed by atoms with van der Waals surface area (Å²) >= 11 is 0. The Hall–Kier alpha value is -1.02. The molecule has 1 aromatic carbocycles. The summed E-state index contributed by atoms with van der Waals surface area (Å²) in [6.07, 6.45) is 8.01. The molecule has 0 spiro atoms. The van der Waals surface area contributed by atoms with E-state index in [0.717, 1.165) is 11.7 Å². The van der Waals surface area contributed by atoms with Crippen LogP contribution in [0.3, 0.4) is 0 Å². The molecule has 1 fully saturated rings. The van der Waals surface area contributed by atoms with E-state index in [9.17, 15) is 0 Å².